The molecular weight excluding hydrogens is 228 g/mol. The third kappa shape index (κ3) is 5.38. The van der Waals surface area contributed by atoms with Crippen LogP contribution in [-0.4, -0.2) is 52.6 Å². The molecule has 16 heavy (non-hydrogen) atoms. The molecule has 0 spiro atoms. The summed E-state index contributed by atoms with van der Waals surface area (Å²) >= 11 is 0. The molecule has 0 rings (SSSR count). The first-order chi connectivity index (χ1) is 7.67. The highest BCUT2D eigenvalue weighted by Gasteiger charge is 2.40. The van der Waals surface area contributed by atoms with Crippen molar-refractivity contribution >= 4 is 8.80 Å². The maximum Gasteiger partial charge on any atom is 0.500 e. The van der Waals surface area contributed by atoms with Crippen LogP contribution in [0.4, 0.5) is 0 Å². The van der Waals surface area contributed by atoms with Crippen LogP contribution in [0.15, 0.2) is 0 Å². The van der Waals surface area contributed by atoms with Crippen LogP contribution in [0.1, 0.15) is 26.2 Å². The van der Waals surface area contributed by atoms with Gasteiger partial charge >= 0.3 is 8.80 Å². The highest BCUT2D eigenvalue weighted by molar-refractivity contribution is 6.60. The third-order valence-corrected chi connectivity index (χ3v) is 5.48. The van der Waals surface area contributed by atoms with Crippen LogP contribution in [0.25, 0.3) is 0 Å². The second kappa shape index (κ2) is 9.09. The van der Waals surface area contributed by atoms with E-state index in [0.29, 0.717) is 12.8 Å². The van der Waals surface area contributed by atoms with Crippen LogP contribution < -0.4 is 0 Å². The van der Waals surface area contributed by atoms with Crippen LogP contribution in [0.3, 0.4) is 0 Å². The maximum atomic E-state index is 8.91. The average molecular weight is 252 g/mol. The zero-order valence-corrected chi connectivity index (χ0v) is 11.4. The highest BCUT2D eigenvalue weighted by Crippen LogP contribution is 2.20. The summed E-state index contributed by atoms with van der Waals surface area (Å²) in [5.41, 5.74) is 0. The Balaban J connectivity index is 4.41. The molecule has 0 unspecified atom stereocenters. The lowest BCUT2D eigenvalue weighted by atomic mass is 10.2. The SMILES string of the molecule is CCC[Si](OC)(OC)OC(CCO)CCO. The van der Waals surface area contributed by atoms with Crippen LogP contribution in [0.5, 0.6) is 0 Å². The van der Waals surface area contributed by atoms with Gasteiger partial charge in [0.15, 0.2) is 0 Å². The second-order valence-corrected chi connectivity index (χ2v) is 6.52. The van der Waals surface area contributed by atoms with Gasteiger partial charge in [0.25, 0.3) is 0 Å². The molecule has 0 atom stereocenters. The summed E-state index contributed by atoms with van der Waals surface area (Å²) in [6, 6.07) is 0.743. The Labute approximate surface area is 98.7 Å². The number of rotatable bonds is 10. The molecule has 0 radical (unpaired) electrons. The molecular formula is C10H24O5Si. The Morgan fingerprint density at radius 2 is 1.56 bits per heavy atom. The van der Waals surface area contributed by atoms with Gasteiger partial charge in [0.2, 0.25) is 0 Å². The summed E-state index contributed by atoms with van der Waals surface area (Å²) in [6.45, 7) is 2.11. The van der Waals surface area contributed by atoms with Crippen LogP contribution in [-0.2, 0) is 13.3 Å². The molecule has 0 heterocycles. The Kier molecular flexibility index (Phi) is 9.10. The predicted octanol–water partition coefficient (Wildman–Crippen LogP) is 0.778. The summed E-state index contributed by atoms with van der Waals surface area (Å²) < 4.78 is 16.6. The lowest BCUT2D eigenvalue weighted by molar-refractivity contribution is 0.0315. The Morgan fingerprint density at radius 3 is 1.88 bits per heavy atom. The minimum Gasteiger partial charge on any atom is -0.396 e. The molecule has 0 aromatic carbocycles. The largest absolute Gasteiger partial charge is 0.500 e. The van der Waals surface area contributed by atoms with Crippen molar-refractivity contribution in [1.82, 2.24) is 0 Å². The van der Waals surface area contributed by atoms with Crippen molar-refractivity contribution in [3.05, 3.63) is 0 Å². The molecule has 0 aliphatic rings. The molecule has 2 N–H and O–H groups in total. The van der Waals surface area contributed by atoms with Crippen molar-refractivity contribution in [2.75, 3.05) is 27.4 Å². The first-order valence-corrected chi connectivity index (χ1v) is 7.61. The minimum atomic E-state index is -2.60. The fourth-order valence-corrected chi connectivity index (χ4v) is 3.79. The Morgan fingerprint density at radius 1 is 1.06 bits per heavy atom. The first kappa shape index (κ1) is 16.0. The Hall–Kier alpha value is 0.0169. The van der Waals surface area contributed by atoms with E-state index in [1.165, 1.54) is 0 Å². The molecule has 5 nitrogen and oxygen atoms in total. The molecule has 0 fully saturated rings. The van der Waals surface area contributed by atoms with Crippen molar-refractivity contribution in [3.8, 4) is 0 Å². The molecule has 0 aliphatic heterocycles. The molecule has 0 aromatic rings. The van der Waals surface area contributed by atoms with Gasteiger partial charge in [0.05, 0.1) is 6.10 Å². The van der Waals surface area contributed by atoms with Crippen LogP contribution >= 0.6 is 0 Å². The van der Waals surface area contributed by atoms with Crippen molar-refractivity contribution in [3.63, 3.8) is 0 Å². The topological polar surface area (TPSA) is 68.2 Å². The lowest BCUT2D eigenvalue weighted by Gasteiger charge is -2.30. The fourth-order valence-electron chi connectivity index (χ4n) is 1.55. The maximum absolute atomic E-state index is 8.91. The quantitative estimate of drug-likeness (QED) is 0.562. The van der Waals surface area contributed by atoms with Gasteiger partial charge in [-0.05, 0) is 12.8 Å². The second-order valence-electron chi connectivity index (χ2n) is 3.61. The van der Waals surface area contributed by atoms with Crippen LogP contribution in [0, 0.1) is 0 Å². The van der Waals surface area contributed by atoms with Gasteiger partial charge in [-0.3, -0.25) is 0 Å². The van der Waals surface area contributed by atoms with E-state index in [0.717, 1.165) is 12.5 Å². The van der Waals surface area contributed by atoms with E-state index in [-0.39, 0.29) is 19.3 Å². The van der Waals surface area contributed by atoms with Gasteiger partial charge in [-0.1, -0.05) is 13.3 Å². The zero-order valence-electron chi connectivity index (χ0n) is 10.4. The Bertz CT molecular complexity index is 157. The predicted molar refractivity (Wildman–Crippen MR) is 63.1 cm³/mol. The lowest BCUT2D eigenvalue weighted by Crippen LogP contribution is -2.47. The molecule has 6 heteroatoms. The van der Waals surface area contributed by atoms with E-state index in [2.05, 4.69) is 0 Å². The van der Waals surface area contributed by atoms with Crippen LogP contribution in [0.2, 0.25) is 6.04 Å². The third-order valence-electron chi connectivity index (χ3n) is 2.43. The van der Waals surface area contributed by atoms with Crippen molar-refractivity contribution < 1.29 is 23.5 Å². The zero-order chi connectivity index (χ0) is 12.4. The summed E-state index contributed by atoms with van der Waals surface area (Å²) in [7, 11) is 0.564. The van der Waals surface area contributed by atoms with Gasteiger partial charge in [-0.2, -0.15) is 0 Å². The number of aliphatic hydroxyl groups excluding tert-OH is 2. The van der Waals surface area contributed by atoms with Gasteiger partial charge < -0.3 is 23.5 Å². The van der Waals surface area contributed by atoms with E-state index in [9.17, 15) is 0 Å². The molecule has 0 amide bonds. The van der Waals surface area contributed by atoms with Gasteiger partial charge in [-0.15, -0.1) is 0 Å². The summed E-state index contributed by atoms with van der Waals surface area (Å²) in [5.74, 6) is 0. The molecule has 0 aromatic heterocycles. The summed E-state index contributed by atoms with van der Waals surface area (Å²) in [5, 5.41) is 17.8. The fraction of sp³-hybridized carbons (Fsp3) is 1.00. The van der Waals surface area contributed by atoms with E-state index in [1.807, 2.05) is 6.92 Å². The molecule has 98 valence electrons. The smallest absolute Gasteiger partial charge is 0.396 e. The number of aliphatic hydroxyl groups is 2. The molecule has 0 saturated heterocycles. The van der Waals surface area contributed by atoms with E-state index >= 15 is 0 Å². The minimum absolute atomic E-state index is 0.0364. The van der Waals surface area contributed by atoms with Crippen molar-refractivity contribution in [2.24, 2.45) is 0 Å². The standard InChI is InChI=1S/C10H24O5Si/c1-4-9-16(13-2,14-3)15-10(5-7-11)6-8-12/h10-12H,4-9H2,1-3H3. The van der Waals surface area contributed by atoms with Gasteiger partial charge in [-0.25, -0.2) is 0 Å². The normalized spacial score (nSPS) is 12.4. The van der Waals surface area contributed by atoms with Gasteiger partial charge in [0, 0.05) is 33.5 Å². The summed E-state index contributed by atoms with van der Waals surface area (Å²) in [4.78, 5) is 0. The van der Waals surface area contributed by atoms with Gasteiger partial charge in [0.1, 0.15) is 0 Å². The van der Waals surface area contributed by atoms with E-state index < -0.39 is 8.80 Å². The number of hydrogen-bond acceptors (Lipinski definition) is 5. The van der Waals surface area contributed by atoms with E-state index in [4.69, 9.17) is 23.5 Å². The van der Waals surface area contributed by atoms with E-state index in [1.54, 1.807) is 14.2 Å². The summed E-state index contributed by atoms with van der Waals surface area (Å²) in [6.07, 6.45) is 1.70. The molecule has 0 aliphatic carbocycles. The monoisotopic (exact) mass is 252 g/mol. The van der Waals surface area contributed by atoms with Crippen molar-refractivity contribution in [1.29, 1.82) is 0 Å². The first-order valence-electron chi connectivity index (χ1n) is 5.67. The highest BCUT2D eigenvalue weighted by atomic mass is 28.4. The number of hydrogen-bond donors (Lipinski definition) is 2. The van der Waals surface area contributed by atoms with Crippen molar-refractivity contribution in [2.45, 2.75) is 38.3 Å². The average Bonchev–Trinajstić information content (AvgIpc) is 2.29. The molecule has 0 saturated carbocycles. The molecule has 0 bridgehead atoms.